The van der Waals surface area contributed by atoms with Gasteiger partial charge in [0.05, 0.1) is 5.52 Å². The highest BCUT2D eigenvalue weighted by molar-refractivity contribution is 6.09. The first-order chi connectivity index (χ1) is 8.74. The van der Waals surface area contributed by atoms with E-state index in [1.807, 2.05) is 24.3 Å². The van der Waals surface area contributed by atoms with Gasteiger partial charge in [-0.2, -0.15) is 5.10 Å². The van der Waals surface area contributed by atoms with Gasteiger partial charge in [0, 0.05) is 30.4 Å². The summed E-state index contributed by atoms with van der Waals surface area (Å²) >= 11 is 0. The first kappa shape index (κ1) is 10.7. The number of benzene rings is 1. The molecule has 0 radical (unpaired) electrons. The number of hydrogen-bond acceptors (Lipinski definition) is 3. The fourth-order valence-corrected chi connectivity index (χ4v) is 1.90. The smallest absolute Gasteiger partial charge is 0.213 e. The highest BCUT2D eigenvalue weighted by Crippen LogP contribution is 2.15. The van der Waals surface area contributed by atoms with Gasteiger partial charge in [0.25, 0.3) is 0 Å². The van der Waals surface area contributed by atoms with Crippen LogP contribution in [0.4, 0.5) is 0 Å². The summed E-state index contributed by atoms with van der Waals surface area (Å²) in [7, 11) is 1.79. The average Bonchev–Trinajstić information content (AvgIpc) is 2.84. The molecule has 0 unspecified atom stereocenters. The number of rotatable bonds is 2. The van der Waals surface area contributed by atoms with E-state index in [0.717, 1.165) is 10.9 Å². The summed E-state index contributed by atoms with van der Waals surface area (Å²) in [4.78, 5) is 16.4. The Kier molecular flexibility index (Phi) is 2.41. The topological polar surface area (TPSA) is 47.8 Å². The molecule has 3 rings (SSSR count). The second-order valence-corrected chi connectivity index (χ2v) is 4.11. The van der Waals surface area contributed by atoms with Crippen molar-refractivity contribution in [3.63, 3.8) is 0 Å². The van der Waals surface area contributed by atoms with Crippen LogP contribution in [-0.2, 0) is 7.05 Å². The van der Waals surface area contributed by atoms with Crippen molar-refractivity contribution in [1.29, 1.82) is 0 Å². The third kappa shape index (κ3) is 1.78. The van der Waals surface area contributed by atoms with Gasteiger partial charge in [-0.05, 0) is 30.3 Å². The summed E-state index contributed by atoms with van der Waals surface area (Å²) in [6.45, 7) is 0. The predicted molar refractivity (Wildman–Crippen MR) is 68.4 cm³/mol. The summed E-state index contributed by atoms with van der Waals surface area (Å²) in [6, 6.07) is 11.0. The molecule has 88 valence electrons. The van der Waals surface area contributed by atoms with E-state index < -0.39 is 0 Å². The maximum atomic E-state index is 12.2. The van der Waals surface area contributed by atoms with Crippen LogP contribution in [0.2, 0.25) is 0 Å². The van der Waals surface area contributed by atoms with Crippen molar-refractivity contribution < 1.29 is 4.79 Å². The number of aromatic nitrogens is 3. The van der Waals surface area contributed by atoms with Gasteiger partial charge in [0.2, 0.25) is 5.78 Å². The minimum Gasteiger partial charge on any atom is -0.287 e. The van der Waals surface area contributed by atoms with Gasteiger partial charge < -0.3 is 0 Å². The van der Waals surface area contributed by atoms with E-state index >= 15 is 0 Å². The Morgan fingerprint density at radius 3 is 2.89 bits per heavy atom. The van der Waals surface area contributed by atoms with E-state index in [4.69, 9.17) is 0 Å². The number of carbonyl (C=O) groups is 1. The summed E-state index contributed by atoms with van der Waals surface area (Å²) in [6.07, 6.45) is 3.50. The predicted octanol–water partition coefficient (Wildman–Crippen LogP) is 2.20. The first-order valence-electron chi connectivity index (χ1n) is 5.63. The van der Waals surface area contributed by atoms with E-state index in [-0.39, 0.29) is 5.78 Å². The van der Waals surface area contributed by atoms with Gasteiger partial charge in [-0.25, -0.2) is 0 Å². The Balaban J connectivity index is 2.06. The molecule has 0 spiro atoms. The van der Waals surface area contributed by atoms with E-state index in [9.17, 15) is 4.79 Å². The van der Waals surface area contributed by atoms with Crippen LogP contribution in [0.1, 0.15) is 16.1 Å². The molecule has 0 amide bonds. The average molecular weight is 237 g/mol. The number of nitrogens with zero attached hydrogens (tertiary/aromatic N) is 3. The molecule has 0 saturated carbocycles. The molecule has 4 nitrogen and oxygen atoms in total. The Hall–Kier alpha value is -2.49. The SMILES string of the molecule is Cn1ccc(C(=O)c2ccc3ncccc3c2)n1. The lowest BCUT2D eigenvalue weighted by Crippen LogP contribution is -2.03. The molecule has 0 aliphatic rings. The molecule has 2 heterocycles. The molecule has 0 N–H and O–H groups in total. The van der Waals surface area contributed by atoms with Crippen LogP contribution < -0.4 is 0 Å². The third-order valence-corrected chi connectivity index (χ3v) is 2.81. The molecule has 4 heteroatoms. The lowest BCUT2D eigenvalue weighted by molar-refractivity contribution is 0.103. The lowest BCUT2D eigenvalue weighted by atomic mass is 10.1. The molecule has 0 bridgehead atoms. The van der Waals surface area contributed by atoms with Crippen molar-refractivity contribution >= 4 is 16.7 Å². The molecular formula is C14H11N3O. The monoisotopic (exact) mass is 237 g/mol. The molecule has 18 heavy (non-hydrogen) atoms. The maximum absolute atomic E-state index is 12.2. The molecule has 0 aliphatic carbocycles. The highest BCUT2D eigenvalue weighted by Gasteiger charge is 2.12. The third-order valence-electron chi connectivity index (χ3n) is 2.81. The van der Waals surface area contributed by atoms with Gasteiger partial charge in [-0.1, -0.05) is 6.07 Å². The zero-order valence-electron chi connectivity index (χ0n) is 9.87. The number of aryl methyl sites for hydroxylation is 1. The molecule has 0 saturated heterocycles. The fraction of sp³-hybridized carbons (Fsp3) is 0.0714. The van der Waals surface area contributed by atoms with Crippen molar-refractivity contribution in [2.24, 2.45) is 7.05 Å². The largest absolute Gasteiger partial charge is 0.287 e. The lowest BCUT2D eigenvalue weighted by Gasteiger charge is -2.00. The molecule has 1 aromatic carbocycles. The Bertz CT molecular complexity index is 730. The van der Waals surface area contributed by atoms with Crippen LogP contribution in [0.15, 0.2) is 48.8 Å². The summed E-state index contributed by atoms with van der Waals surface area (Å²) in [5, 5.41) is 5.08. The van der Waals surface area contributed by atoms with E-state index in [2.05, 4.69) is 10.1 Å². The van der Waals surface area contributed by atoms with Gasteiger partial charge in [0.1, 0.15) is 5.69 Å². The Labute approximate surface area is 104 Å². The van der Waals surface area contributed by atoms with Crippen LogP contribution in [0.25, 0.3) is 10.9 Å². The Morgan fingerprint density at radius 2 is 2.11 bits per heavy atom. The maximum Gasteiger partial charge on any atom is 0.213 e. The van der Waals surface area contributed by atoms with E-state index in [0.29, 0.717) is 11.3 Å². The quantitative estimate of drug-likeness (QED) is 0.642. The van der Waals surface area contributed by atoms with Crippen LogP contribution in [0, 0.1) is 0 Å². The van der Waals surface area contributed by atoms with Gasteiger partial charge >= 0.3 is 0 Å². The van der Waals surface area contributed by atoms with Gasteiger partial charge in [-0.15, -0.1) is 0 Å². The molecular weight excluding hydrogens is 226 g/mol. The minimum absolute atomic E-state index is 0.0682. The van der Waals surface area contributed by atoms with Gasteiger partial charge in [0.15, 0.2) is 0 Å². The molecule has 0 aliphatic heterocycles. The highest BCUT2D eigenvalue weighted by atomic mass is 16.1. The number of carbonyl (C=O) groups excluding carboxylic acids is 1. The number of fused-ring (bicyclic) bond motifs is 1. The summed E-state index contributed by atoms with van der Waals surface area (Å²) in [5.74, 6) is -0.0682. The number of hydrogen-bond donors (Lipinski definition) is 0. The van der Waals surface area contributed by atoms with Crippen molar-refractivity contribution in [1.82, 2.24) is 14.8 Å². The fourth-order valence-electron chi connectivity index (χ4n) is 1.90. The molecule has 3 aromatic rings. The second-order valence-electron chi connectivity index (χ2n) is 4.11. The number of pyridine rings is 1. The van der Waals surface area contributed by atoms with Gasteiger partial charge in [-0.3, -0.25) is 14.5 Å². The molecule has 0 fully saturated rings. The normalized spacial score (nSPS) is 10.7. The minimum atomic E-state index is -0.0682. The first-order valence-corrected chi connectivity index (χ1v) is 5.63. The summed E-state index contributed by atoms with van der Waals surface area (Å²) < 4.78 is 1.62. The van der Waals surface area contributed by atoms with Crippen LogP contribution >= 0.6 is 0 Å². The zero-order chi connectivity index (χ0) is 12.5. The second kappa shape index (κ2) is 4.07. The standard InChI is InChI=1S/C14H11N3O/c1-17-8-6-13(16-17)14(18)11-4-5-12-10(9-11)3-2-7-15-12/h2-9H,1H3. The van der Waals surface area contributed by atoms with Crippen LogP contribution in [0.3, 0.4) is 0 Å². The number of ketones is 1. The van der Waals surface area contributed by atoms with Crippen molar-refractivity contribution in [3.8, 4) is 0 Å². The Morgan fingerprint density at radius 1 is 1.22 bits per heavy atom. The van der Waals surface area contributed by atoms with Crippen molar-refractivity contribution in [2.75, 3.05) is 0 Å². The molecule has 2 aromatic heterocycles. The summed E-state index contributed by atoms with van der Waals surface area (Å²) in [5.41, 5.74) is 1.98. The molecule has 0 atom stereocenters. The van der Waals surface area contributed by atoms with Crippen LogP contribution in [0.5, 0.6) is 0 Å². The van der Waals surface area contributed by atoms with E-state index in [1.165, 1.54) is 0 Å². The van der Waals surface area contributed by atoms with E-state index in [1.54, 1.807) is 36.3 Å². The van der Waals surface area contributed by atoms with Crippen molar-refractivity contribution in [3.05, 3.63) is 60.0 Å². The van der Waals surface area contributed by atoms with Crippen molar-refractivity contribution in [2.45, 2.75) is 0 Å². The van der Waals surface area contributed by atoms with Crippen LogP contribution in [-0.4, -0.2) is 20.5 Å². The zero-order valence-corrected chi connectivity index (χ0v) is 9.87.